The SMILES string of the molecule is Cc1csc2c(N3CCCC(C(=O)N(C)C)C3)ncnc12. The zero-order chi connectivity index (χ0) is 15.0. The summed E-state index contributed by atoms with van der Waals surface area (Å²) in [5.74, 6) is 1.27. The molecule has 3 heterocycles. The van der Waals surface area contributed by atoms with E-state index in [1.807, 2.05) is 14.1 Å². The van der Waals surface area contributed by atoms with Crippen molar-refractivity contribution < 1.29 is 4.79 Å². The Morgan fingerprint density at radius 1 is 1.43 bits per heavy atom. The van der Waals surface area contributed by atoms with E-state index in [0.717, 1.165) is 42.0 Å². The molecular weight excluding hydrogens is 284 g/mol. The molecule has 1 fully saturated rings. The van der Waals surface area contributed by atoms with E-state index in [1.54, 1.807) is 22.6 Å². The lowest BCUT2D eigenvalue weighted by Crippen LogP contribution is -2.43. The lowest BCUT2D eigenvalue weighted by molar-refractivity contribution is -0.133. The smallest absolute Gasteiger partial charge is 0.226 e. The van der Waals surface area contributed by atoms with E-state index < -0.39 is 0 Å². The Morgan fingerprint density at radius 2 is 2.24 bits per heavy atom. The molecule has 112 valence electrons. The molecule has 0 saturated carbocycles. The number of fused-ring (bicyclic) bond motifs is 1. The standard InChI is InChI=1S/C15H20N4OS/c1-10-8-21-13-12(10)16-9-17-14(13)19-6-4-5-11(7-19)15(20)18(2)3/h8-9,11H,4-7H2,1-3H3. The largest absolute Gasteiger partial charge is 0.355 e. The zero-order valence-electron chi connectivity index (χ0n) is 12.7. The molecule has 2 aromatic heterocycles. The van der Waals surface area contributed by atoms with Crippen LogP contribution >= 0.6 is 11.3 Å². The van der Waals surface area contributed by atoms with Gasteiger partial charge in [0.15, 0.2) is 0 Å². The molecule has 0 N–H and O–H groups in total. The molecule has 0 bridgehead atoms. The van der Waals surface area contributed by atoms with E-state index in [-0.39, 0.29) is 11.8 Å². The van der Waals surface area contributed by atoms with Gasteiger partial charge in [0.2, 0.25) is 5.91 Å². The first-order valence-electron chi connectivity index (χ1n) is 7.23. The average molecular weight is 304 g/mol. The summed E-state index contributed by atoms with van der Waals surface area (Å²) in [6.07, 6.45) is 3.63. The van der Waals surface area contributed by atoms with Crippen molar-refractivity contribution in [1.82, 2.24) is 14.9 Å². The topological polar surface area (TPSA) is 49.3 Å². The third-order valence-corrected chi connectivity index (χ3v) is 5.11. The van der Waals surface area contributed by atoms with Crippen LogP contribution in [0.1, 0.15) is 18.4 Å². The van der Waals surface area contributed by atoms with Crippen molar-refractivity contribution in [2.75, 3.05) is 32.1 Å². The van der Waals surface area contributed by atoms with Crippen molar-refractivity contribution >= 4 is 33.3 Å². The van der Waals surface area contributed by atoms with Crippen molar-refractivity contribution in [2.24, 2.45) is 5.92 Å². The predicted octanol–water partition coefficient (Wildman–Crippen LogP) is 2.30. The Morgan fingerprint density at radius 3 is 3.00 bits per heavy atom. The Hall–Kier alpha value is -1.69. The average Bonchev–Trinajstić information content (AvgIpc) is 2.88. The number of aryl methyl sites for hydroxylation is 1. The van der Waals surface area contributed by atoms with Gasteiger partial charge in [0, 0.05) is 27.2 Å². The molecule has 1 amide bonds. The van der Waals surface area contributed by atoms with Crippen LogP contribution in [0.25, 0.3) is 10.2 Å². The molecule has 0 aliphatic carbocycles. The number of anilines is 1. The van der Waals surface area contributed by atoms with Crippen molar-refractivity contribution in [2.45, 2.75) is 19.8 Å². The molecule has 0 aromatic carbocycles. The number of hydrogen-bond acceptors (Lipinski definition) is 5. The molecule has 1 unspecified atom stereocenters. The van der Waals surface area contributed by atoms with Gasteiger partial charge in [-0.05, 0) is 30.7 Å². The van der Waals surface area contributed by atoms with Gasteiger partial charge in [0.1, 0.15) is 12.1 Å². The Balaban J connectivity index is 1.90. The van der Waals surface area contributed by atoms with Crippen molar-refractivity contribution in [3.63, 3.8) is 0 Å². The minimum atomic E-state index is 0.0693. The minimum Gasteiger partial charge on any atom is -0.355 e. The summed E-state index contributed by atoms with van der Waals surface area (Å²) < 4.78 is 1.13. The summed E-state index contributed by atoms with van der Waals surface area (Å²) in [6.45, 7) is 3.78. The highest BCUT2D eigenvalue weighted by molar-refractivity contribution is 7.18. The van der Waals surface area contributed by atoms with Gasteiger partial charge in [-0.2, -0.15) is 0 Å². The van der Waals surface area contributed by atoms with Crippen LogP contribution in [0.3, 0.4) is 0 Å². The summed E-state index contributed by atoms with van der Waals surface area (Å²) in [4.78, 5) is 25.0. The fraction of sp³-hybridized carbons (Fsp3) is 0.533. The number of rotatable bonds is 2. The van der Waals surface area contributed by atoms with Crippen LogP contribution in [0.5, 0.6) is 0 Å². The maximum atomic E-state index is 12.2. The summed E-state index contributed by atoms with van der Waals surface area (Å²) in [7, 11) is 3.65. The van der Waals surface area contributed by atoms with Gasteiger partial charge >= 0.3 is 0 Å². The fourth-order valence-electron chi connectivity index (χ4n) is 2.92. The molecule has 0 spiro atoms. The van der Waals surface area contributed by atoms with Gasteiger partial charge in [-0.25, -0.2) is 9.97 Å². The summed E-state index contributed by atoms with van der Waals surface area (Å²) in [5, 5.41) is 2.12. The van der Waals surface area contributed by atoms with Crippen LogP contribution in [0, 0.1) is 12.8 Å². The number of amides is 1. The maximum Gasteiger partial charge on any atom is 0.226 e. The van der Waals surface area contributed by atoms with Crippen molar-refractivity contribution in [3.05, 3.63) is 17.3 Å². The number of carbonyl (C=O) groups is 1. The molecule has 1 aliphatic heterocycles. The van der Waals surface area contributed by atoms with Crippen molar-refractivity contribution in [1.29, 1.82) is 0 Å². The second kappa shape index (κ2) is 5.60. The van der Waals surface area contributed by atoms with Crippen LogP contribution in [-0.2, 0) is 4.79 Å². The second-order valence-corrected chi connectivity index (χ2v) is 6.69. The van der Waals surface area contributed by atoms with E-state index in [1.165, 1.54) is 5.56 Å². The minimum absolute atomic E-state index is 0.0693. The summed E-state index contributed by atoms with van der Waals surface area (Å²) in [5.41, 5.74) is 2.22. The monoisotopic (exact) mass is 304 g/mol. The van der Waals surface area contributed by atoms with E-state index in [2.05, 4.69) is 27.2 Å². The number of thiophene rings is 1. The third-order valence-electron chi connectivity index (χ3n) is 4.02. The number of piperidine rings is 1. The Kier molecular flexibility index (Phi) is 3.80. The summed E-state index contributed by atoms with van der Waals surface area (Å²) >= 11 is 1.69. The number of aromatic nitrogens is 2. The molecule has 6 heteroatoms. The highest BCUT2D eigenvalue weighted by atomic mass is 32.1. The highest BCUT2D eigenvalue weighted by Gasteiger charge is 2.28. The molecule has 5 nitrogen and oxygen atoms in total. The van der Waals surface area contributed by atoms with Crippen LogP contribution in [0.15, 0.2) is 11.7 Å². The van der Waals surface area contributed by atoms with Crippen LogP contribution < -0.4 is 4.90 Å². The molecule has 2 aromatic rings. The van der Waals surface area contributed by atoms with Gasteiger partial charge < -0.3 is 9.80 Å². The van der Waals surface area contributed by atoms with Gasteiger partial charge in [-0.3, -0.25) is 4.79 Å². The Bertz CT molecular complexity index is 667. The van der Waals surface area contributed by atoms with E-state index in [9.17, 15) is 4.79 Å². The van der Waals surface area contributed by atoms with Gasteiger partial charge in [-0.1, -0.05) is 0 Å². The third kappa shape index (κ3) is 2.60. The highest BCUT2D eigenvalue weighted by Crippen LogP contribution is 2.33. The first kappa shape index (κ1) is 14.3. The van der Waals surface area contributed by atoms with Crippen LogP contribution in [0.2, 0.25) is 0 Å². The van der Waals surface area contributed by atoms with Crippen LogP contribution in [-0.4, -0.2) is 48.0 Å². The lowest BCUT2D eigenvalue weighted by atomic mass is 9.97. The van der Waals surface area contributed by atoms with E-state index >= 15 is 0 Å². The Labute approximate surface area is 128 Å². The normalized spacial score (nSPS) is 19.0. The first-order valence-corrected chi connectivity index (χ1v) is 8.11. The van der Waals surface area contributed by atoms with E-state index in [4.69, 9.17) is 0 Å². The number of hydrogen-bond donors (Lipinski definition) is 0. The molecular formula is C15H20N4OS. The molecule has 1 aliphatic rings. The second-order valence-electron chi connectivity index (χ2n) is 5.81. The van der Waals surface area contributed by atoms with Gasteiger partial charge in [0.05, 0.1) is 16.1 Å². The molecule has 21 heavy (non-hydrogen) atoms. The van der Waals surface area contributed by atoms with Gasteiger partial charge in [0.25, 0.3) is 0 Å². The molecule has 1 atom stereocenters. The number of carbonyl (C=O) groups excluding carboxylic acids is 1. The maximum absolute atomic E-state index is 12.2. The van der Waals surface area contributed by atoms with Crippen LogP contribution in [0.4, 0.5) is 5.82 Å². The molecule has 0 radical (unpaired) electrons. The first-order chi connectivity index (χ1) is 10.1. The predicted molar refractivity (Wildman–Crippen MR) is 85.8 cm³/mol. The lowest BCUT2D eigenvalue weighted by Gasteiger charge is -2.34. The molecule has 1 saturated heterocycles. The summed E-state index contributed by atoms with van der Waals surface area (Å²) in [6, 6.07) is 0. The zero-order valence-corrected chi connectivity index (χ0v) is 13.5. The quantitative estimate of drug-likeness (QED) is 0.854. The molecule has 3 rings (SSSR count). The fourth-order valence-corrected chi connectivity index (χ4v) is 3.94. The van der Waals surface area contributed by atoms with Gasteiger partial charge in [-0.15, -0.1) is 11.3 Å². The number of nitrogens with zero attached hydrogens (tertiary/aromatic N) is 4. The van der Waals surface area contributed by atoms with Crippen molar-refractivity contribution in [3.8, 4) is 0 Å². The van der Waals surface area contributed by atoms with E-state index in [0.29, 0.717) is 0 Å².